The summed E-state index contributed by atoms with van der Waals surface area (Å²) in [5.74, 6) is 1.22. The van der Waals surface area contributed by atoms with Crippen LogP contribution in [0, 0.1) is 0 Å². The minimum Gasteiger partial charge on any atom is -0.460 e. The average Bonchev–Trinajstić information content (AvgIpc) is 2.53. The van der Waals surface area contributed by atoms with Gasteiger partial charge in [0.1, 0.15) is 15.7 Å². The summed E-state index contributed by atoms with van der Waals surface area (Å²) in [7, 11) is 0. The third kappa shape index (κ3) is 3.45. The fourth-order valence-corrected chi connectivity index (χ4v) is 3.33. The fourth-order valence-electron chi connectivity index (χ4n) is 2.20. The van der Waals surface area contributed by atoms with Crippen molar-refractivity contribution in [1.29, 1.82) is 0 Å². The zero-order valence-electron chi connectivity index (χ0n) is 11.4. The monoisotopic (exact) mass is 321 g/mol. The van der Waals surface area contributed by atoms with Gasteiger partial charge in [0.05, 0.1) is 24.4 Å². The number of morpholine rings is 1. The zero-order chi connectivity index (χ0) is 14.7. The summed E-state index contributed by atoms with van der Waals surface area (Å²) in [6.45, 7) is 3.08. The maximum absolute atomic E-state index is 12.0. The molecule has 6 heteroatoms. The summed E-state index contributed by atoms with van der Waals surface area (Å²) in [6.07, 6.45) is 0. The van der Waals surface area contributed by atoms with Crippen LogP contribution < -0.4 is 5.43 Å². The smallest absolute Gasteiger partial charge is 0.192 e. The predicted octanol–water partition coefficient (Wildman–Crippen LogP) is 2.64. The molecule has 0 atom stereocenters. The van der Waals surface area contributed by atoms with Crippen molar-refractivity contribution in [2.75, 3.05) is 26.3 Å². The normalized spacial score (nSPS) is 15.3. The van der Waals surface area contributed by atoms with Crippen LogP contribution in [0.5, 0.6) is 0 Å². The summed E-state index contributed by atoms with van der Waals surface area (Å²) in [5.41, 5.74) is 0.614. The number of ether oxygens (including phenoxy) is 1. The van der Waals surface area contributed by atoms with Gasteiger partial charge in [-0.05, 0) is 12.1 Å². The number of hydrogen-bond acceptors (Lipinski definition) is 5. The van der Waals surface area contributed by atoms with Crippen LogP contribution in [0.2, 0.25) is 0 Å². The van der Waals surface area contributed by atoms with Crippen LogP contribution in [-0.2, 0) is 10.5 Å². The van der Waals surface area contributed by atoms with E-state index in [-0.39, 0.29) is 5.43 Å². The van der Waals surface area contributed by atoms with Gasteiger partial charge in [-0.1, -0.05) is 36.1 Å². The highest BCUT2D eigenvalue weighted by Crippen LogP contribution is 2.19. The summed E-state index contributed by atoms with van der Waals surface area (Å²) >= 11 is 6.94. The van der Waals surface area contributed by atoms with Gasteiger partial charge in [0.15, 0.2) is 5.43 Å². The summed E-state index contributed by atoms with van der Waals surface area (Å²) < 4.78 is 11.9. The molecule has 1 saturated heterocycles. The van der Waals surface area contributed by atoms with Gasteiger partial charge in [-0.25, -0.2) is 0 Å². The lowest BCUT2D eigenvalue weighted by Gasteiger charge is -2.28. The molecule has 2 aromatic rings. The molecule has 0 amide bonds. The lowest BCUT2D eigenvalue weighted by Crippen LogP contribution is -2.38. The molecule has 0 radical (unpaired) electrons. The van der Waals surface area contributed by atoms with Crippen molar-refractivity contribution >= 4 is 39.3 Å². The topological polar surface area (TPSA) is 42.7 Å². The van der Waals surface area contributed by atoms with Gasteiger partial charge in [0, 0.05) is 19.2 Å². The largest absolute Gasteiger partial charge is 0.460 e. The minimum atomic E-state index is -0.00950. The highest BCUT2D eigenvalue weighted by molar-refractivity contribution is 8.22. The molecule has 0 saturated carbocycles. The van der Waals surface area contributed by atoms with Gasteiger partial charge >= 0.3 is 0 Å². The van der Waals surface area contributed by atoms with E-state index in [4.69, 9.17) is 21.4 Å². The number of fused-ring (bicyclic) bond motifs is 1. The maximum Gasteiger partial charge on any atom is 0.192 e. The van der Waals surface area contributed by atoms with Crippen LogP contribution in [0.3, 0.4) is 0 Å². The Hall–Kier alpha value is -1.37. The first-order valence-electron chi connectivity index (χ1n) is 6.75. The summed E-state index contributed by atoms with van der Waals surface area (Å²) in [6, 6.07) is 8.83. The standard InChI is InChI=1S/C15H15NO3S2/c17-13-9-11(19-14-4-2-1-3-12(13)14)10-21-15(20)16-5-7-18-8-6-16/h1-4,9H,5-8,10H2. The number of para-hydroxylation sites is 1. The Labute approximate surface area is 132 Å². The molecule has 1 aliphatic heterocycles. The second-order valence-corrected chi connectivity index (χ2v) is 6.34. The van der Waals surface area contributed by atoms with E-state index in [0.717, 1.165) is 17.4 Å². The first kappa shape index (κ1) is 14.6. The number of thiocarbonyl (C=S) groups is 1. The van der Waals surface area contributed by atoms with Crippen molar-refractivity contribution in [3.63, 3.8) is 0 Å². The molecule has 21 heavy (non-hydrogen) atoms. The highest BCUT2D eigenvalue weighted by Gasteiger charge is 2.14. The molecule has 3 rings (SSSR count). The summed E-state index contributed by atoms with van der Waals surface area (Å²) in [4.78, 5) is 14.1. The molecule has 1 fully saturated rings. The molecular formula is C15H15NO3S2. The number of nitrogens with zero attached hydrogens (tertiary/aromatic N) is 1. The summed E-state index contributed by atoms with van der Waals surface area (Å²) in [5, 5.41) is 0.613. The van der Waals surface area contributed by atoms with E-state index in [1.54, 1.807) is 12.1 Å². The van der Waals surface area contributed by atoms with Gasteiger partial charge < -0.3 is 14.1 Å². The number of hydrogen-bond donors (Lipinski definition) is 0. The Kier molecular flexibility index (Phi) is 4.57. The van der Waals surface area contributed by atoms with E-state index >= 15 is 0 Å². The van der Waals surface area contributed by atoms with Crippen molar-refractivity contribution in [3.8, 4) is 0 Å². The lowest BCUT2D eigenvalue weighted by atomic mass is 10.2. The van der Waals surface area contributed by atoms with Crippen molar-refractivity contribution < 1.29 is 9.15 Å². The maximum atomic E-state index is 12.0. The van der Waals surface area contributed by atoms with Gasteiger partial charge in [-0.15, -0.1) is 0 Å². The van der Waals surface area contributed by atoms with Crippen molar-refractivity contribution in [1.82, 2.24) is 4.90 Å². The van der Waals surface area contributed by atoms with Gasteiger partial charge in [0.25, 0.3) is 0 Å². The molecule has 0 bridgehead atoms. The molecule has 0 aliphatic carbocycles. The molecular weight excluding hydrogens is 306 g/mol. The SMILES string of the molecule is O=c1cc(CSC(=S)N2CCOCC2)oc2ccccc12. The Morgan fingerprint density at radius 2 is 2.05 bits per heavy atom. The molecule has 4 nitrogen and oxygen atoms in total. The van der Waals surface area contributed by atoms with Gasteiger partial charge in [-0.2, -0.15) is 0 Å². The molecule has 1 aromatic carbocycles. The zero-order valence-corrected chi connectivity index (χ0v) is 13.0. The first-order chi connectivity index (χ1) is 10.2. The second-order valence-electron chi connectivity index (χ2n) is 4.73. The van der Waals surface area contributed by atoms with Crippen LogP contribution in [-0.4, -0.2) is 35.5 Å². The molecule has 0 N–H and O–H groups in total. The Morgan fingerprint density at radius 1 is 1.29 bits per heavy atom. The highest BCUT2D eigenvalue weighted by atomic mass is 32.2. The molecule has 0 unspecified atom stereocenters. The van der Waals surface area contributed by atoms with Gasteiger partial charge in [0.2, 0.25) is 0 Å². The van der Waals surface area contributed by atoms with Crippen LogP contribution in [0.15, 0.2) is 39.5 Å². The molecule has 1 aliphatic rings. The van der Waals surface area contributed by atoms with Crippen LogP contribution in [0.25, 0.3) is 11.0 Å². The Morgan fingerprint density at radius 3 is 2.86 bits per heavy atom. The number of rotatable bonds is 2. The van der Waals surface area contributed by atoms with Crippen molar-refractivity contribution in [3.05, 3.63) is 46.3 Å². The molecule has 110 valence electrons. The third-order valence-corrected chi connectivity index (χ3v) is 4.84. The fraction of sp³-hybridized carbons (Fsp3) is 0.333. The van der Waals surface area contributed by atoms with Crippen molar-refractivity contribution in [2.24, 2.45) is 0 Å². The lowest BCUT2D eigenvalue weighted by molar-refractivity contribution is 0.0702. The second kappa shape index (κ2) is 6.60. The van der Waals surface area contributed by atoms with Crippen LogP contribution in [0.4, 0.5) is 0 Å². The van der Waals surface area contributed by atoms with E-state index in [0.29, 0.717) is 35.7 Å². The third-order valence-electron chi connectivity index (χ3n) is 3.29. The van der Waals surface area contributed by atoms with E-state index in [1.807, 2.05) is 18.2 Å². The minimum absolute atomic E-state index is 0.00950. The van der Waals surface area contributed by atoms with E-state index < -0.39 is 0 Å². The number of thioether (sulfide) groups is 1. The quantitative estimate of drug-likeness (QED) is 0.792. The Bertz CT molecular complexity index is 707. The van der Waals surface area contributed by atoms with Crippen LogP contribution >= 0.6 is 24.0 Å². The number of benzene rings is 1. The molecule has 1 aromatic heterocycles. The first-order valence-corrected chi connectivity index (χ1v) is 8.14. The van der Waals surface area contributed by atoms with Crippen LogP contribution in [0.1, 0.15) is 5.76 Å². The predicted molar refractivity (Wildman–Crippen MR) is 88.8 cm³/mol. The molecule has 0 spiro atoms. The van der Waals surface area contributed by atoms with E-state index in [9.17, 15) is 4.79 Å². The van der Waals surface area contributed by atoms with Crippen molar-refractivity contribution in [2.45, 2.75) is 5.75 Å². The Balaban J connectivity index is 1.70. The average molecular weight is 321 g/mol. The molecule has 2 heterocycles. The van der Waals surface area contributed by atoms with E-state index in [1.165, 1.54) is 11.8 Å². The van der Waals surface area contributed by atoms with E-state index in [2.05, 4.69) is 4.90 Å². The van der Waals surface area contributed by atoms with Gasteiger partial charge in [-0.3, -0.25) is 4.79 Å².